The van der Waals surface area contributed by atoms with Crippen LogP contribution >= 0.6 is 0 Å². The van der Waals surface area contributed by atoms with Crippen LogP contribution in [0.15, 0.2) is 60.8 Å². The second-order valence-electron chi connectivity index (χ2n) is 11.2. The van der Waals surface area contributed by atoms with Gasteiger partial charge < -0.3 is 0 Å². The summed E-state index contributed by atoms with van der Waals surface area (Å²) in [6.45, 7) is 6.52. The van der Waals surface area contributed by atoms with Crippen LogP contribution in [0.3, 0.4) is 0 Å². The van der Waals surface area contributed by atoms with Crippen molar-refractivity contribution < 1.29 is 9.36 Å². The monoisotopic (exact) mass is 672 g/mol. The summed E-state index contributed by atoms with van der Waals surface area (Å²) in [5.41, 5.74) is 4.85. The van der Waals surface area contributed by atoms with Crippen LogP contribution in [0.1, 0.15) is 90.9 Å². The summed E-state index contributed by atoms with van der Waals surface area (Å²) in [5.74, 6) is 0. The first-order valence-corrected chi connectivity index (χ1v) is 18.2. The van der Waals surface area contributed by atoms with E-state index in [4.69, 9.17) is 10.4 Å². The molecule has 0 fully saturated rings. The van der Waals surface area contributed by atoms with E-state index >= 15 is 0 Å². The Balaban J connectivity index is 1.55. The molecular formula is C34H50N6Te+2. The number of aryl methyl sites for hydroxylation is 4. The third-order valence-corrected chi connectivity index (χ3v) is 10.9. The third-order valence-electron chi connectivity index (χ3n) is 7.73. The summed E-state index contributed by atoms with van der Waals surface area (Å²) < 4.78 is 11.4. The fourth-order valence-electron chi connectivity index (χ4n) is 5.43. The molecule has 4 aromatic rings. The molecule has 0 amide bonds. The van der Waals surface area contributed by atoms with Gasteiger partial charge in [0.1, 0.15) is 0 Å². The second kappa shape index (κ2) is 16.8. The molecule has 6 nitrogen and oxygen atoms in total. The summed E-state index contributed by atoms with van der Waals surface area (Å²) in [4.78, 5) is 0. The number of nitrogens with zero attached hydrogens (tertiary/aromatic N) is 6. The molecule has 2 aromatic carbocycles. The van der Waals surface area contributed by atoms with Gasteiger partial charge in [0.2, 0.25) is 0 Å². The molecule has 0 unspecified atom stereocenters. The molecule has 0 bridgehead atoms. The van der Waals surface area contributed by atoms with Crippen LogP contribution in [-0.4, -0.2) is 40.7 Å². The van der Waals surface area contributed by atoms with E-state index in [-0.39, 0.29) is 0 Å². The Labute approximate surface area is 257 Å². The van der Waals surface area contributed by atoms with Crippen molar-refractivity contribution in [3.05, 3.63) is 60.8 Å². The Hall–Kier alpha value is -2.49. The van der Waals surface area contributed by atoms with Crippen molar-refractivity contribution in [3.63, 3.8) is 0 Å². The van der Waals surface area contributed by atoms with Gasteiger partial charge in [-0.15, -0.1) is 0 Å². The molecular weight excluding hydrogens is 620 g/mol. The molecule has 0 aliphatic rings. The molecule has 0 aliphatic carbocycles. The number of rotatable bonds is 18. The van der Waals surface area contributed by atoms with Crippen molar-refractivity contribution in [2.75, 3.05) is 0 Å². The minimum absolute atomic E-state index is 0.601. The molecule has 2 aromatic heterocycles. The maximum atomic E-state index is 5.05. The number of hydrogen-bond donors (Lipinski definition) is 0. The fourth-order valence-corrected chi connectivity index (χ4v) is 8.56. The number of benzene rings is 2. The van der Waals surface area contributed by atoms with Gasteiger partial charge in [-0.1, -0.05) is 26.2 Å². The van der Waals surface area contributed by atoms with Crippen molar-refractivity contribution >= 4 is 28.3 Å². The van der Waals surface area contributed by atoms with Gasteiger partial charge in [-0.05, 0) is 0 Å². The Morgan fingerprint density at radius 2 is 1.29 bits per heavy atom. The van der Waals surface area contributed by atoms with Crippen LogP contribution in [0, 0.1) is 0 Å². The summed E-state index contributed by atoms with van der Waals surface area (Å²) in [5, 5.41) is 9.84. The van der Waals surface area contributed by atoms with Crippen molar-refractivity contribution in [2.45, 2.75) is 104 Å². The van der Waals surface area contributed by atoms with Crippen LogP contribution in [-0.2, 0) is 27.2 Å². The van der Waals surface area contributed by atoms with E-state index in [0.29, 0.717) is 0 Å². The molecule has 0 saturated heterocycles. The number of unbranched alkanes of at least 4 members (excludes halogenated alkanes) is 10. The van der Waals surface area contributed by atoms with Gasteiger partial charge in [-0.25, -0.2) is 0 Å². The zero-order valence-electron chi connectivity index (χ0n) is 25.8. The topological polar surface area (TPSA) is 43.4 Å². The molecule has 0 radical (unpaired) electrons. The SMILES string of the molecule is CCCCCCCC[n+]1cc(-c2cccc(-c3c([Te]c4ccccc4)[n+](CCCCCCCC)nn3C)c2)n(C)n1. The van der Waals surface area contributed by atoms with Gasteiger partial charge in [0.05, 0.1) is 0 Å². The average molecular weight is 670 g/mol. The second-order valence-corrected chi connectivity index (χ2v) is 14.2. The number of hydrogen-bond acceptors (Lipinski definition) is 2. The van der Waals surface area contributed by atoms with E-state index in [1.165, 1.54) is 101 Å². The molecule has 220 valence electrons. The molecule has 0 saturated carbocycles. The van der Waals surface area contributed by atoms with E-state index in [1.54, 1.807) is 0 Å². The first-order valence-electron chi connectivity index (χ1n) is 15.8. The van der Waals surface area contributed by atoms with E-state index < -0.39 is 20.9 Å². The molecule has 41 heavy (non-hydrogen) atoms. The Bertz CT molecular complexity index is 1330. The fraction of sp³-hybridized carbons (Fsp3) is 0.529. The van der Waals surface area contributed by atoms with Crippen LogP contribution in [0.2, 0.25) is 0 Å². The molecule has 0 N–H and O–H groups in total. The zero-order chi connectivity index (χ0) is 28.9. The Morgan fingerprint density at radius 1 is 0.659 bits per heavy atom. The van der Waals surface area contributed by atoms with E-state index in [2.05, 4.69) is 103 Å². The van der Waals surface area contributed by atoms with Gasteiger partial charge in [0.25, 0.3) is 0 Å². The number of aromatic nitrogens is 6. The maximum absolute atomic E-state index is 5.05. The predicted molar refractivity (Wildman–Crippen MR) is 169 cm³/mol. The van der Waals surface area contributed by atoms with Crippen molar-refractivity contribution in [2.24, 2.45) is 14.1 Å². The molecule has 7 heteroatoms. The van der Waals surface area contributed by atoms with Crippen LogP contribution in [0.5, 0.6) is 0 Å². The average Bonchev–Trinajstić information content (AvgIpc) is 3.51. The molecule has 2 heterocycles. The van der Waals surface area contributed by atoms with Gasteiger partial charge in [-0.2, -0.15) is 0 Å². The van der Waals surface area contributed by atoms with E-state index in [0.717, 1.165) is 18.8 Å². The van der Waals surface area contributed by atoms with Gasteiger partial charge >= 0.3 is 233 Å². The first-order chi connectivity index (χ1) is 20.1. The zero-order valence-corrected chi connectivity index (χ0v) is 28.1. The quantitative estimate of drug-likeness (QED) is 0.0805. The first kappa shape index (κ1) is 31.4. The molecule has 0 spiro atoms. The van der Waals surface area contributed by atoms with E-state index in [9.17, 15) is 0 Å². The van der Waals surface area contributed by atoms with Gasteiger partial charge in [-0.3, -0.25) is 0 Å². The Morgan fingerprint density at radius 3 is 2.00 bits per heavy atom. The van der Waals surface area contributed by atoms with Crippen molar-refractivity contribution in [1.82, 2.24) is 19.8 Å². The summed E-state index contributed by atoms with van der Waals surface area (Å²) in [7, 11) is 4.17. The Kier molecular flexibility index (Phi) is 12.9. The van der Waals surface area contributed by atoms with Crippen molar-refractivity contribution in [1.29, 1.82) is 0 Å². The molecule has 0 aliphatic heterocycles. The van der Waals surface area contributed by atoms with Gasteiger partial charge in [0, 0.05) is 0 Å². The molecule has 4 rings (SSSR count). The summed E-state index contributed by atoms with van der Waals surface area (Å²) in [6, 6.07) is 20.0. The normalized spacial score (nSPS) is 11.4. The van der Waals surface area contributed by atoms with Crippen LogP contribution in [0.4, 0.5) is 0 Å². The summed E-state index contributed by atoms with van der Waals surface area (Å²) >= 11 is -0.601. The molecule has 0 atom stereocenters. The van der Waals surface area contributed by atoms with Gasteiger partial charge in [0.15, 0.2) is 0 Å². The van der Waals surface area contributed by atoms with Crippen LogP contribution < -0.4 is 16.7 Å². The standard InChI is InChI=1S/C34H50N6Te/c1-5-7-9-11-13-18-25-39-28-32(37(3)35-39)29-21-20-22-30(27-29)33-34(41-31-23-16-15-17-24-31)40(36-38(33)4)26-19-14-12-10-8-6-2/h15-17,20-24,27-28H,5-14,18-19,25-26H2,1-4H3/q+2. The predicted octanol–water partition coefficient (Wildman–Crippen LogP) is 5.44. The van der Waals surface area contributed by atoms with Crippen molar-refractivity contribution in [3.8, 4) is 22.5 Å². The minimum atomic E-state index is -0.601. The third kappa shape index (κ3) is 9.25. The van der Waals surface area contributed by atoms with Crippen LogP contribution in [0.25, 0.3) is 22.5 Å². The summed E-state index contributed by atoms with van der Waals surface area (Å²) in [6.07, 6.45) is 17.8. The van der Waals surface area contributed by atoms with E-state index in [1.807, 2.05) is 4.68 Å².